The number of terminal acetylenes is 1. The first-order valence-corrected chi connectivity index (χ1v) is 7.32. The normalized spacial score (nSPS) is 19.4. The van der Waals surface area contributed by atoms with E-state index >= 15 is 0 Å². The minimum atomic E-state index is 0.235. The molecule has 0 bridgehead atoms. The number of β-amino-alcohol motifs (C(OH)–C–C–N with tert-alkyl or cyclic N) is 1. The van der Waals surface area contributed by atoms with Gasteiger partial charge in [-0.15, -0.1) is 6.42 Å². The summed E-state index contributed by atoms with van der Waals surface area (Å²) in [6, 6.07) is 0. The molecular formula is C16H27N3O. The number of rotatable bonds is 6. The molecule has 20 heavy (non-hydrogen) atoms. The molecule has 1 rings (SSSR count). The Kier molecular flexibility index (Phi) is 7.53. The molecule has 0 aromatic rings. The highest BCUT2D eigenvalue weighted by Gasteiger charge is 2.16. The Labute approximate surface area is 123 Å². The molecule has 1 aliphatic rings. The summed E-state index contributed by atoms with van der Waals surface area (Å²) in [7, 11) is 0. The second-order valence-electron chi connectivity index (χ2n) is 5.57. The highest BCUT2D eigenvalue weighted by atomic mass is 16.3. The first-order chi connectivity index (χ1) is 9.56. The fourth-order valence-corrected chi connectivity index (χ4v) is 2.01. The quantitative estimate of drug-likeness (QED) is 0.586. The molecule has 0 unspecified atom stereocenters. The zero-order valence-corrected chi connectivity index (χ0v) is 13.0. The summed E-state index contributed by atoms with van der Waals surface area (Å²) in [4.78, 5) is 9.07. The van der Waals surface area contributed by atoms with Crippen LogP contribution >= 0.6 is 0 Å². The van der Waals surface area contributed by atoms with E-state index in [-0.39, 0.29) is 6.61 Å². The van der Waals surface area contributed by atoms with Gasteiger partial charge in [0.1, 0.15) is 0 Å². The lowest BCUT2D eigenvalue weighted by atomic mass is 10.1. The molecule has 4 nitrogen and oxygen atoms in total. The molecule has 1 N–H and O–H groups in total. The number of aliphatic hydroxyl groups excluding tert-OH is 1. The summed E-state index contributed by atoms with van der Waals surface area (Å²) in [5, 5.41) is 8.93. The largest absolute Gasteiger partial charge is 0.395 e. The van der Waals surface area contributed by atoms with Crippen LogP contribution in [0.1, 0.15) is 20.8 Å². The topological polar surface area (TPSA) is 39.1 Å². The summed E-state index contributed by atoms with van der Waals surface area (Å²) in [6.45, 7) is 12.0. The SMILES string of the molecule is C#C/C(=C\N=C(/C)C(C)C)CN1CCN(CCO)CC1. The van der Waals surface area contributed by atoms with Crippen LogP contribution in [0.4, 0.5) is 0 Å². The van der Waals surface area contributed by atoms with Crippen molar-refractivity contribution in [2.45, 2.75) is 20.8 Å². The molecular weight excluding hydrogens is 250 g/mol. The summed E-state index contributed by atoms with van der Waals surface area (Å²) in [6.07, 6.45) is 7.40. The van der Waals surface area contributed by atoms with Gasteiger partial charge in [0, 0.05) is 56.8 Å². The van der Waals surface area contributed by atoms with Gasteiger partial charge in [-0.3, -0.25) is 14.8 Å². The molecule has 0 aromatic carbocycles. The summed E-state index contributed by atoms with van der Waals surface area (Å²) in [5.41, 5.74) is 2.03. The van der Waals surface area contributed by atoms with Crippen LogP contribution in [0.5, 0.6) is 0 Å². The van der Waals surface area contributed by atoms with E-state index in [4.69, 9.17) is 11.5 Å². The number of hydrogen-bond acceptors (Lipinski definition) is 4. The van der Waals surface area contributed by atoms with Crippen LogP contribution in [0.25, 0.3) is 0 Å². The van der Waals surface area contributed by atoms with Crippen LogP contribution in [-0.2, 0) is 0 Å². The van der Waals surface area contributed by atoms with Gasteiger partial charge in [-0.25, -0.2) is 0 Å². The number of hydrogen-bond donors (Lipinski definition) is 1. The maximum absolute atomic E-state index is 8.93. The van der Waals surface area contributed by atoms with E-state index in [1.807, 2.05) is 13.1 Å². The lowest BCUT2D eigenvalue weighted by Gasteiger charge is -2.34. The van der Waals surface area contributed by atoms with E-state index in [1.165, 1.54) is 0 Å². The summed E-state index contributed by atoms with van der Waals surface area (Å²) in [5.74, 6) is 3.19. The zero-order chi connectivity index (χ0) is 15.0. The standard InChI is InChI=1S/C16H27N3O/c1-5-16(12-17-15(4)14(2)3)13-19-8-6-18(7-9-19)10-11-20/h1,12,14,20H,6-11,13H2,2-4H3/b16-12+,17-15+. The maximum Gasteiger partial charge on any atom is 0.0558 e. The Morgan fingerprint density at radius 2 is 1.90 bits per heavy atom. The Morgan fingerprint density at radius 1 is 1.30 bits per heavy atom. The number of aliphatic hydroxyl groups is 1. The molecule has 0 amide bonds. The van der Waals surface area contributed by atoms with Crippen molar-refractivity contribution >= 4 is 5.71 Å². The number of aliphatic imine (C=N–C) groups is 1. The van der Waals surface area contributed by atoms with Gasteiger partial charge >= 0.3 is 0 Å². The van der Waals surface area contributed by atoms with Crippen LogP contribution < -0.4 is 0 Å². The van der Waals surface area contributed by atoms with Crippen molar-refractivity contribution in [2.75, 3.05) is 45.9 Å². The van der Waals surface area contributed by atoms with E-state index in [0.717, 1.165) is 50.6 Å². The van der Waals surface area contributed by atoms with Gasteiger partial charge in [0.05, 0.1) is 6.61 Å². The Morgan fingerprint density at radius 3 is 2.40 bits per heavy atom. The molecule has 0 atom stereocenters. The molecule has 0 aliphatic carbocycles. The molecule has 1 fully saturated rings. The van der Waals surface area contributed by atoms with Gasteiger partial charge in [0.15, 0.2) is 0 Å². The van der Waals surface area contributed by atoms with E-state index in [0.29, 0.717) is 5.92 Å². The fourth-order valence-electron chi connectivity index (χ4n) is 2.01. The van der Waals surface area contributed by atoms with Crippen molar-refractivity contribution in [1.82, 2.24) is 9.80 Å². The van der Waals surface area contributed by atoms with Gasteiger partial charge in [0.25, 0.3) is 0 Å². The average molecular weight is 277 g/mol. The number of piperazine rings is 1. The molecule has 4 heteroatoms. The average Bonchev–Trinajstić information content (AvgIpc) is 2.45. The monoisotopic (exact) mass is 277 g/mol. The van der Waals surface area contributed by atoms with Gasteiger partial charge in [0.2, 0.25) is 0 Å². The molecule has 112 valence electrons. The third kappa shape index (κ3) is 5.87. The molecule has 0 spiro atoms. The lowest BCUT2D eigenvalue weighted by molar-refractivity contribution is 0.119. The Balaban J connectivity index is 2.48. The third-order valence-electron chi connectivity index (χ3n) is 3.72. The van der Waals surface area contributed by atoms with E-state index < -0.39 is 0 Å². The minimum Gasteiger partial charge on any atom is -0.395 e. The summed E-state index contributed by atoms with van der Waals surface area (Å²) < 4.78 is 0. The molecule has 0 aromatic heterocycles. The van der Waals surface area contributed by atoms with Crippen LogP contribution in [0, 0.1) is 18.3 Å². The molecule has 1 aliphatic heterocycles. The van der Waals surface area contributed by atoms with Crippen molar-refractivity contribution in [3.05, 3.63) is 11.8 Å². The first-order valence-electron chi connectivity index (χ1n) is 7.32. The van der Waals surface area contributed by atoms with Crippen molar-refractivity contribution < 1.29 is 5.11 Å². The third-order valence-corrected chi connectivity index (χ3v) is 3.72. The van der Waals surface area contributed by atoms with Crippen LogP contribution in [0.15, 0.2) is 16.8 Å². The fraction of sp³-hybridized carbons (Fsp3) is 0.688. The van der Waals surface area contributed by atoms with Crippen LogP contribution in [-0.4, -0.2) is 66.5 Å². The van der Waals surface area contributed by atoms with Gasteiger partial charge in [-0.2, -0.15) is 0 Å². The highest BCUT2D eigenvalue weighted by Crippen LogP contribution is 2.06. The van der Waals surface area contributed by atoms with E-state index in [9.17, 15) is 0 Å². The van der Waals surface area contributed by atoms with Crippen molar-refractivity contribution in [1.29, 1.82) is 0 Å². The second-order valence-corrected chi connectivity index (χ2v) is 5.57. The van der Waals surface area contributed by atoms with Crippen LogP contribution in [0.2, 0.25) is 0 Å². The zero-order valence-electron chi connectivity index (χ0n) is 13.0. The minimum absolute atomic E-state index is 0.235. The van der Waals surface area contributed by atoms with Gasteiger partial charge in [-0.05, 0) is 12.8 Å². The van der Waals surface area contributed by atoms with E-state index in [1.54, 1.807) is 0 Å². The second kappa shape index (κ2) is 8.91. The molecule has 0 radical (unpaired) electrons. The first kappa shape index (κ1) is 16.9. The Bertz CT molecular complexity index is 385. The van der Waals surface area contributed by atoms with Crippen molar-refractivity contribution in [3.63, 3.8) is 0 Å². The highest BCUT2D eigenvalue weighted by molar-refractivity contribution is 5.84. The van der Waals surface area contributed by atoms with Crippen molar-refractivity contribution in [2.24, 2.45) is 10.9 Å². The van der Waals surface area contributed by atoms with Gasteiger partial charge in [-0.1, -0.05) is 19.8 Å². The predicted molar refractivity (Wildman–Crippen MR) is 84.8 cm³/mol. The van der Waals surface area contributed by atoms with Gasteiger partial charge < -0.3 is 5.11 Å². The van der Waals surface area contributed by atoms with Crippen LogP contribution in [0.3, 0.4) is 0 Å². The summed E-state index contributed by atoms with van der Waals surface area (Å²) >= 11 is 0. The molecule has 1 heterocycles. The predicted octanol–water partition coefficient (Wildman–Crippen LogP) is 1.23. The Hall–Kier alpha value is -1.15. The number of nitrogens with zero attached hydrogens (tertiary/aromatic N) is 3. The molecule has 0 saturated carbocycles. The van der Waals surface area contributed by atoms with Crippen molar-refractivity contribution in [3.8, 4) is 12.3 Å². The smallest absolute Gasteiger partial charge is 0.0558 e. The lowest BCUT2D eigenvalue weighted by Crippen LogP contribution is -2.47. The molecule has 1 saturated heterocycles. The van der Waals surface area contributed by atoms with E-state index in [2.05, 4.69) is 34.6 Å². The maximum atomic E-state index is 8.93.